The number of nitrogens with zero attached hydrogens (tertiary/aromatic N) is 1. The van der Waals surface area contributed by atoms with E-state index in [9.17, 15) is 4.79 Å². The van der Waals surface area contributed by atoms with E-state index in [1.165, 1.54) is 19.3 Å². The average Bonchev–Trinajstić information content (AvgIpc) is 2.25. The molecule has 1 rings (SSSR count). The van der Waals surface area contributed by atoms with Crippen LogP contribution in [-0.2, 0) is 4.79 Å². The van der Waals surface area contributed by atoms with Crippen LogP contribution in [0.25, 0.3) is 0 Å². The summed E-state index contributed by atoms with van der Waals surface area (Å²) >= 11 is 0. The third-order valence-electron chi connectivity index (χ3n) is 3.03. The van der Waals surface area contributed by atoms with Gasteiger partial charge in [0.05, 0.1) is 0 Å². The number of carbonyl (C=O) groups is 1. The zero-order chi connectivity index (χ0) is 11.1. The van der Waals surface area contributed by atoms with Gasteiger partial charge in [0.2, 0.25) is 5.91 Å². The van der Waals surface area contributed by atoms with Gasteiger partial charge in [-0.2, -0.15) is 0 Å². The van der Waals surface area contributed by atoms with Crippen LogP contribution in [0.1, 0.15) is 32.6 Å². The molecule has 1 saturated heterocycles. The lowest BCUT2D eigenvalue weighted by atomic mass is 10.0. The summed E-state index contributed by atoms with van der Waals surface area (Å²) in [4.78, 5) is 13.8. The maximum absolute atomic E-state index is 11.4. The molecule has 0 spiro atoms. The molecule has 1 unspecified atom stereocenters. The Balaban J connectivity index is 2.14. The van der Waals surface area contributed by atoms with Crippen molar-refractivity contribution in [1.29, 1.82) is 0 Å². The van der Waals surface area contributed by atoms with Gasteiger partial charge in [-0.15, -0.1) is 0 Å². The summed E-state index contributed by atoms with van der Waals surface area (Å²) in [6, 6.07) is 0.640. The quantitative estimate of drug-likeness (QED) is 0.692. The summed E-state index contributed by atoms with van der Waals surface area (Å²) in [6.45, 7) is 5.39. The van der Waals surface area contributed by atoms with Crippen LogP contribution in [0.3, 0.4) is 0 Å². The van der Waals surface area contributed by atoms with Crippen molar-refractivity contribution < 1.29 is 4.79 Å². The lowest BCUT2D eigenvalue weighted by Crippen LogP contribution is -2.40. The van der Waals surface area contributed by atoms with E-state index in [-0.39, 0.29) is 5.91 Å². The first-order valence-electron chi connectivity index (χ1n) is 5.95. The van der Waals surface area contributed by atoms with Gasteiger partial charge in [0.1, 0.15) is 0 Å². The second kappa shape index (κ2) is 6.80. The largest absolute Gasteiger partial charge is 0.355 e. The van der Waals surface area contributed by atoms with Gasteiger partial charge in [0, 0.05) is 32.1 Å². The van der Waals surface area contributed by atoms with E-state index in [1.54, 1.807) is 0 Å². The molecule has 4 heteroatoms. The van der Waals surface area contributed by atoms with Crippen molar-refractivity contribution in [2.24, 2.45) is 5.73 Å². The van der Waals surface area contributed by atoms with Gasteiger partial charge >= 0.3 is 0 Å². The molecule has 1 amide bonds. The number of hydrogen-bond donors (Lipinski definition) is 2. The Kier molecular flexibility index (Phi) is 5.65. The van der Waals surface area contributed by atoms with Crippen LogP contribution in [-0.4, -0.2) is 43.0 Å². The number of nitrogens with two attached hydrogens (primary N) is 1. The van der Waals surface area contributed by atoms with Gasteiger partial charge < -0.3 is 16.0 Å². The van der Waals surface area contributed by atoms with E-state index in [2.05, 4.69) is 17.1 Å². The molecule has 0 bridgehead atoms. The van der Waals surface area contributed by atoms with E-state index in [4.69, 9.17) is 5.73 Å². The number of piperidine rings is 1. The normalized spacial score (nSPS) is 22.7. The molecule has 4 nitrogen and oxygen atoms in total. The van der Waals surface area contributed by atoms with Gasteiger partial charge in [-0.1, -0.05) is 6.42 Å². The average molecular weight is 213 g/mol. The van der Waals surface area contributed by atoms with E-state index in [1.807, 2.05) is 0 Å². The highest BCUT2D eigenvalue weighted by Gasteiger charge is 2.18. The molecule has 0 aliphatic carbocycles. The fourth-order valence-corrected chi connectivity index (χ4v) is 2.03. The van der Waals surface area contributed by atoms with Gasteiger partial charge in [0.25, 0.3) is 0 Å². The van der Waals surface area contributed by atoms with Crippen molar-refractivity contribution in [2.45, 2.75) is 38.6 Å². The van der Waals surface area contributed by atoms with E-state index >= 15 is 0 Å². The van der Waals surface area contributed by atoms with Crippen molar-refractivity contribution in [3.05, 3.63) is 0 Å². The van der Waals surface area contributed by atoms with Crippen LogP contribution >= 0.6 is 0 Å². The molecular formula is C11H23N3O. The predicted molar refractivity (Wildman–Crippen MR) is 61.6 cm³/mol. The molecule has 0 saturated carbocycles. The maximum Gasteiger partial charge on any atom is 0.221 e. The molecule has 1 fully saturated rings. The first kappa shape index (κ1) is 12.5. The Bertz CT molecular complexity index is 196. The van der Waals surface area contributed by atoms with Crippen LogP contribution in [0.5, 0.6) is 0 Å². The zero-order valence-electron chi connectivity index (χ0n) is 9.67. The van der Waals surface area contributed by atoms with Crippen LogP contribution in [0, 0.1) is 0 Å². The van der Waals surface area contributed by atoms with Crippen molar-refractivity contribution in [3.63, 3.8) is 0 Å². The Labute approximate surface area is 92.2 Å². The molecule has 1 aliphatic rings. The molecule has 0 radical (unpaired) electrons. The summed E-state index contributed by atoms with van der Waals surface area (Å²) in [5, 5.41) is 2.80. The van der Waals surface area contributed by atoms with E-state index < -0.39 is 0 Å². The lowest BCUT2D eigenvalue weighted by Gasteiger charge is -2.33. The number of nitrogens with one attached hydrogen (secondary N) is 1. The molecule has 1 aliphatic heterocycles. The Morgan fingerprint density at radius 2 is 2.33 bits per heavy atom. The first-order chi connectivity index (χ1) is 7.24. The summed E-state index contributed by atoms with van der Waals surface area (Å²) in [5.74, 6) is 0.123. The topological polar surface area (TPSA) is 58.4 Å². The highest BCUT2D eigenvalue weighted by atomic mass is 16.1. The number of rotatable bonds is 5. The van der Waals surface area contributed by atoms with Gasteiger partial charge in [-0.25, -0.2) is 0 Å². The number of likely N-dealkylation sites (tertiary alicyclic amines) is 1. The zero-order valence-corrected chi connectivity index (χ0v) is 9.67. The highest BCUT2D eigenvalue weighted by Crippen LogP contribution is 2.16. The molecular weight excluding hydrogens is 190 g/mol. The first-order valence-corrected chi connectivity index (χ1v) is 5.95. The minimum Gasteiger partial charge on any atom is -0.355 e. The maximum atomic E-state index is 11.4. The molecule has 1 heterocycles. The number of carbonyl (C=O) groups excluding carboxylic acids is 1. The van der Waals surface area contributed by atoms with Crippen LogP contribution < -0.4 is 11.1 Å². The van der Waals surface area contributed by atoms with E-state index in [0.29, 0.717) is 25.6 Å². The molecule has 0 aromatic carbocycles. The van der Waals surface area contributed by atoms with Crippen molar-refractivity contribution in [3.8, 4) is 0 Å². The monoisotopic (exact) mass is 213 g/mol. The minimum absolute atomic E-state index is 0.123. The van der Waals surface area contributed by atoms with Crippen molar-refractivity contribution in [2.75, 3.05) is 26.2 Å². The van der Waals surface area contributed by atoms with E-state index in [0.717, 1.165) is 13.1 Å². The Hall–Kier alpha value is -0.610. The summed E-state index contributed by atoms with van der Waals surface area (Å²) in [6.07, 6.45) is 4.47. The summed E-state index contributed by atoms with van der Waals surface area (Å²) in [7, 11) is 0. The number of hydrogen-bond acceptors (Lipinski definition) is 3. The molecule has 88 valence electrons. The van der Waals surface area contributed by atoms with Gasteiger partial charge in [-0.05, 0) is 26.3 Å². The standard InChI is InChI=1S/C11H23N3O/c1-10-4-2-3-8-14(10)9-5-11(15)13-7-6-12/h10H,2-9,12H2,1H3,(H,13,15). The van der Waals surface area contributed by atoms with Gasteiger partial charge in [0.15, 0.2) is 0 Å². The van der Waals surface area contributed by atoms with Crippen LogP contribution in [0.15, 0.2) is 0 Å². The molecule has 3 N–H and O–H groups in total. The van der Waals surface area contributed by atoms with Crippen LogP contribution in [0.4, 0.5) is 0 Å². The molecule has 0 aromatic rings. The number of amides is 1. The Morgan fingerprint density at radius 1 is 1.53 bits per heavy atom. The highest BCUT2D eigenvalue weighted by molar-refractivity contribution is 5.76. The summed E-state index contributed by atoms with van der Waals surface area (Å²) < 4.78 is 0. The second-order valence-corrected chi connectivity index (χ2v) is 4.27. The second-order valence-electron chi connectivity index (χ2n) is 4.27. The smallest absolute Gasteiger partial charge is 0.221 e. The fourth-order valence-electron chi connectivity index (χ4n) is 2.03. The van der Waals surface area contributed by atoms with Crippen molar-refractivity contribution >= 4 is 5.91 Å². The van der Waals surface area contributed by atoms with Gasteiger partial charge in [-0.3, -0.25) is 4.79 Å². The Morgan fingerprint density at radius 3 is 3.00 bits per heavy atom. The fraction of sp³-hybridized carbons (Fsp3) is 0.909. The lowest BCUT2D eigenvalue weighted by molar-refractivity contribution is -0.121. The summed E-state index contributed by atoms with van der Waals surface area (Å²) in [5.41, 5.74) is 5.31. The molecule has 1 atom stereocenters. The molecule has 15 heavy (non-hydrogen) atoms. The third kappa shape index (κ3) is 4.62. The van der Waals surface area contributed by atoms with Crippen LogP contribution in [0.2, 0.25) is 0 Å². The molecule has 0 aromatic heterocycles. The third-order valence-corrected chi connectivity index (χ3v) is 3.03. The minimum atomic E-state index is 0.123. The predicted octanol–water partition coefficient (Wildman–Crippen LogP) is 0.326. The SMILES string of the molecule is CC1CCCCN1CCC(=O)NCCN. The van der Waals surface area contributed by atoms with Crippen molar-refractivity contribution in [1.82, 2.24) is 10.2 Å².